The van der Waals surface area contributed by atoms with E-state index in [4.69, 9.17) is 9.15 Å². The maximum absolute atomic E-state index is 12.7. The minimum atomic E-state index is -0.446. The smallest absolute Gasteiger partial charge is 0.336 e. The molecule has 0 N–H and O–H groups in total. The number of carbonyl (C=O) groups is 1. The number of nitrogens with zero attached hydrogens (tertiary/aromatic N) is 4. The van der Waals surface area contributed by atoms with E-state index < -0.39 is 11.6 Å². The fourth-order valence-corrected chi connectivity index (χ4v) is 4.64. The molecule has 1 aliphatic rings. The molecule has 0 saturated carbocycles. The third-order valence-corrected chi connectivity index (χ3v) is 6.50. The highest BCUT2D eigenvalue weighted by molar-refractivity contribution is 7.98. The molecule has 0 bridgehead atoms. The van der Waals surface area contributed by atoms with Gasteiger partial charge in [0.25, 0.3) is 5.78 Å². The summed E-state index contributed by atoms with van der Waals surface area (Å²) >= 11 is 1.44. The van der Waals surface area contributed by atoms with Crippen molar-refractivity contribution < 1.29 is 13.9 Å². The fraction of sp³-hybridized carbons (Fsp3) is 0.348. The van der Waals surface area contributed by atoms with Crippen LogP contribution in [0.5, 0.6) is 0 Å². The van der Waals surface area contributed by atoms with Gasteiger partial charge in [0.2, 0.25) is 5.16 Å². The molecular formula is C23H22N4O4S. The molecule has 1 aliphatic carbocycles. The number of aromatic nitrogens is 4. The molecule has 4 aromatic rings. The van der Waals surface area contributed by atoms with Crippen LogP contribution in [-0.2, 0) is 35.4 Å². The van der Waals surface area contributed by atoms with Crippen molar-refractivity contribution in [3.8, 4) is 0 Å². The Bertz CT molecular complexity index is 1440. The molecule has 8 nitrogen and oxygen atoms in total. The number of esters is 1. The molecule has 9 heteroatoms. The van der Waals surface area contributed by atoms with Crippen LogP contribution in [0.15, 0.2) is 32.6 Å². The van der Waals surface area contributed by atoms with Crippen LogP contribution < -0.4 is 5.63 Å². The largest absolute Gasteiger partial charge is 0.461 e. The number of rotatable bonds is 5. The summed E-state index contributed by atoms with van der Waals surface area (Å²) in [5.41, 5.74) is 5.52. The van der Waals surface area contributed by atoms with Crippen molar-refractivity contribution in [2.24, 2.45) is 0 Å². The Hall–Kier alpha value is -3.20. The number of fused-ring (bicyclic) bond motifs is 3. The van der Waals surface area contributed by atoms with Gasteiger partial charge >= 0.3 is 11.6 Å². The Morgan fingerprint density at radius 3 is 2.75 bits per heavy atom. The van der Waals surface area contributed by atoms with Gasteiger partial charge in [-0.05, 0) is 62.6 Å². The van der Waals surface area contributed by atoms with Gasteiger partial charge in [0.05, 0.1) is 6.42 Å². The van der Waals surface area contributed by atoms with Gasteiger partial charge in [0.15, 0.2) is 0 Å². The Morgan fingerprint density at radius 1 is 1.19 bits per heavy atom. The first-order valence-electron chi connectivity index (χ1n) is 10.4. The standard InChI is InChI=1S/C23H22N4O4S/c1-12-17(13(2)27-22(24-12)25-23(26-27)32-3)10-20(28)30-11-16-9-21(29)31-19-8-15-6-4-5-14(15)7-18(16)19/h7-9H,4-6,10-11H2,1-3H3. The lowest BCUT2D eigenvalue weighted by Gasteiger charge is -2.11. The van der Waals surface area contributed by atoms with Crippen LogP contribution in [-0.4, -0.2) is 31.8 Å². The molecule has 5 rings (SSSR count). The van der Waals surface area contributed by atoms with Crippen molar-refractivity contribution in [2.75, 3.05) is 6.26 Å². The molecule has 0 unspecified atom stereocenters. The van der Waals surface area contributed by atoms with Gasteiger partial charge in [-0.15, -0.1) is 5.10 Å². The summed E-state index contributed by atoms with van der Waals surface area (Å²) in [5.74, 6) is 0.113. The first-order chi connectivity index (χ1) is 15.4. The zero-order valence-electron chi connectivity index (χ0n) is 18.1. The summed E-state index contributed by atoms with van der Waals surface area (Å²) in [6, 6.07) is 5.41. The SMILES string of the molecule is CSc1nc2nc(C)c(CC(=O)OCc3cc(=O)oc4cc5c(cc34)CCC5)c(C)n2n1. The second-order valence-corrected chi connectivity index (χ2v) is 8.74. The van der Waals surface area contributed by atoms with Crippen molar-refractivity contribution in [2.45, 2.75) is 51.3 Å². The van der Waals surface area contributed by atoms with E-state index >= 15 is 0 Å². The van der Waals surface area contributed by atoms with Crippen LogP contribution in [0.4, 0.5) is 0 Å². The first-order valence-corrected chi connectivity index (χ1v) is 11.7. The molecule has 0 amide bonds. The van der Waals surface area contributed by atoms with Gasteiger partial charge in [-0.25, -0.2) is 14.3 Å². The van der Waals surface area contributed by atoms with Crippen LogP contribution in [0, 0.1) is 13.8 Å². The lowest BCUT2D eigenvalue weighted by Crippen LogP contribution is -2.14. The van der Waals surface area contributed by atoms with E-state index in [0.717, 1.165) is 35.9 Å². The normalized spacial score (nSPS) is 13.1. The van der Waals surface area contributed by atoms with Crippen LogP contribution >= 0.6 is 11.8 Å². The molecule has 0 spiro atoms. The van der Waals surface area contributed by atoms with Crippen LogP contribution in [0.1, 0.15) is 40.1 Å². The molecule has 0 saturated heterocycles. The minimum Gasteiger partial charge on any atom is -0.461 e. The van der Waals surface area contributed by atoms with Gasteiger partial charge in [-0.3, -0.25) is 4.79 Å². The predicted octanol–water partition coefficient (Wildman–Crippen LogP) is 3.34. The third kappa shape index (κ3) is 3.66. The molecule has 0 radical (unpaired) electrons. The van der Waals surface area contributed by atoms with Crippen LogP contribution in [0.2, 0.25) is 0 Å². The van der Waals surface area contributed by atoms with Crippen LogP contribution in [0.25, 0.3) is 16.7 Å². The van der Waals surface area contributed by atoms with E-state index in [1.54, 1.807) is 4.52 Å². The Morgan fingerprint density at radius 2 is 1.97 bits per heavy atom. The Kier molecular flexibility index (Phi) is 5.21. The lowest BCUT2D eigenvalue weighted by atomic mass is 10.0. The number of thioether (sulfide) groups is 1. The van der Waals surface area contributed by atoms with E-state index in [1.165, 1.54) is 29.0 Å². The van der Waals surface area contributed by atoms with Crippen molar-refractivity contribution in [3.05, 3.63) is 62.3 Å². The molecule has 1 aromatic carbocycles. The first kappa shape index (κ1) is 20.7. The summed E-state index contributed by atoms with van der Waals surface area (Å²) in [7, 11) is 0. The van der Waals surface area contributed by atoms with E-state index in [0.29, 0.717) is 27.8 Å². The number of ether oxygens (including phenoxy) is 1. The van der Waals surface area contributed by atoms with Crippen LogP contribution in [0.3, 0.4) is 0 Å². The summed E-state index contributed by atoms with van der Waals surface area (Å²) in [6.45, 7) is 3.74. The second-order valence-electron chi connectivity index (χ2n) is 7.97. The van der Waals surface area contributed by atoms with Gasteiger partial charge in [0.1, 0.15) is 12.2 Å². The molecule has 0 atom stereocenters. The summed E-state index contributed by atoms with van der Waals surface area (Å²) < 4.78 is 12.6. The molecule has 0 fully saturated rings. The summed E-state index contributed by atoms with van der Waals surface area (Å²) in [6.07, 6.45) is 5.07. The number of hydrogen-bond acceptors (Lipinski definition) is 8. The molecule has 3 aromatic heterocycles. The van der Waals surface area contributed by atoms with Gasteiger partial charge in [-0.2, -0.15) is 4.98 Å². The van der Waals surface area contributed by atoms with Crippen molar-refractivity contribution >= 4 is 34.5 Å². The molecular weight excluding hydrogens is 428 g/mol. The molecule has 0 aliphatic heterocycles. The zero-order chi connectivity index (χ0) is 22.4. The Balaban J connectivity index is 1.39. The van der Waals surface area contributed by atoms with Crippen molar-refractivity contribution in [1.82, 2.24) is 19.6 Å². The van der Waals surface area contributed by atoms with E-state index in [2.05, 4.69) is 21.1 Å². The monoisotopic (exact) mass is 450 g/mol. The van der Waals surface area contributed by atoms with Gasteiger partial charge < -0.3 is 9.15 Å². The summed E-state index contributed by atoms with van der Waals surface area (Å²) in [4.78, 5) is 33.6. The quantitative estimate of drug-likeness (QED) is 0.259. The minimum absolute atomic E-state index is 0.00738. The molecule has 164 valence electrons. The van der Waals surface area contributed by atoms with E-state index in [-0.39, 0.29) is 13.0 Å². The second kappa shape index (κ2) is 8.05. The molecule has 3 heterocycles. The Labute approximate surface area is 188 Å². The predicted molar refractivity (Wildman–Crippen MR) is 120 cm³/mol. The average Bonchev–Trinajstić information content (AvgIpc) is 3.39. The fourth-order valence-electron chi connectivity index (χ4n) is 4.30. The maximum Gasteiger partial charge on any atom is 0.336 e. The maximum atomic E-state index is 12.7. The summed E-state index contributed by atoms with van der Waals surface area (Å²) in [5, 5.41) is 5.86. The van der Waals surface area contributed by atoms with E-state index in [1.807, 2.05) is 26.2 Å². The number of carbonyl (C=O) groups excluding carboxylic acids is 1. The lowest BCUT2D eigenvalue weighted by molar-refractivity contribution is -0.144. The third-order valence-electron chi connectivity index (χ3n) is 5.96. The highest BCUT2D eigenvalue weighted by Gasteiger charge is 2.19. The highest BCUT2D eigenvalue weighted by atomic mass is 32.2. The van der Waals surface area contributed by atoms with Crippen molar-refractivity contribution in [1.29, 1.82) is 0 Å². The number of benzene rings is 1. The number of hydrogen-bond donors (Lipinski definition) is 0. The molecule has 32 heavy (non-hydrogen) atoms. The zero-order valence-corrected chi connectivity index (χ0v) is 18.9. The van der Waals surface area contributed by atoms with Crippen molar-refractivity contribution in [3.63, 3.8) is 0 Å². The number of aryl methyl sites for hydroxylation is 4. The van der Waals surface area contributed by atoms with E-state index in [9.17, 15) is 9.59 Å². The average molecular weight is 451 g/mol. The topological polar surface area (TPSA) is 99.6 Å². The highest BCUT2D eigenvalue weighted by Crippen LogP contribution is 2.29. The van der Waals surface area contributed by atoms with Gasteiger partial charge in [-0.1, -0.05) is 11.8 Å². The van der Waals surface area contributed by atoms with Gasteiger partial charge in [0, 0.05) is 34.0 Å².